The summed E-state index contributed by atoms with van der Waals surface area (Å²) in [6.07, 6.45) is -1.40. The van der Waals surface area contributed by atoms with Gasteiger partial charge in [0.2, 0.25) is 10.0 Å². The smallest absolute Gasteiger partial charge is 0.445 e. The van der Waals surface area contributed by atoms with E-state index >= 15 is 0 Å². The summed E-state index contributed by atoms with van der Waals surface area (Å²) in [5, 5.41) is 33.1. The van der Waals surface area contributed by atoms with E-state index in [0.717, 1.165) is 12.0 Å². The molecule has 2 aromatic rings. The van der Waals surface area contributed by atoms with Crippen LogP contribution in [0.4, 0.5) is 4.79 Å². The van der Waals surface area contributed by atoms with E-state index in [9.17, 15) is 28.4 Å². The van der Waals surface area contributed by atoms with Crippen LogP contribution in [0.3, 0.4) is 0 Å². The van der Waals surface area contributed by atoms with Gasteiger partial charge in [-0.1, -0.05) is 56.3 Å². The number of carbonyl (C=O) groups is 1. The Balaban J connectivity index is 1.33. The Morgan fingerprint density at radius 2 is 1.74 bits per heavy atom. The third-order valence-electron chi connectivity index (χ3n) is 8.37. The Morgan fingerprint density at radius 3 is 2.40 bits per heavy atom. The molecule has 13 heteroatoms. The minimum atomic E-state index is -4.06. The molecule has 0 radical (unpaired) electrons. The Hall–Kier alpha value is -2.52. The molecule has 1 amide bonds. The van der Waals surface area contributed by atoms with Crippen LogP contribution in [0.15, 0.2) is 59.5 Å². The van der Waals surface area contributed by atoms with Crippen LogP contribution in [0.5, 0.6) is 0 Å². The molecule has 3 aliphatic rings. The van der Waals surface area contributed by atoms with Crippen molar-refractivity contribution in [3.05, 3.63) is 60.2 Å². The number of aliphatic hydroxyl groups excluding tert-OH is 1. The number of sulfonamides is 1. The van der Waals surface area contributed by atoms with Crippen LogP contribution in [0.25, 0.3) is 0 Å². The van der Waals surface area contributed by atoms with Crippen LogP contribution in [0.1, 0.15) is 25.8 Å². The molecule has 2 bridgehead atoms. The van der Waals surface area contributed by atoms with Crippen LogP contribution >= 0.6 is 0 Å². The fourth-order valence-electron chi connectivity index (χ4n) is 6.28. The van der Waals surface area contributed by atoms with E-state index in [1.807, 2.05) is 44.2 Å². The molecule has 1 saturated carbocycles. The standard InChI is InChI=1S/C29H39BN2O9S/c1-18(2)14-32(42(37,38)22-10-8-21(9-11-22)30(35)36)15-26(33)25(12-19-6-4-3-5-7-19)31-29(34)41-27-20-13-23-24(27)17-40-28(23)39-16-20/h3-11,18,20,23-28,33,35-36H,12-17H2,1-2H3,(H,31,34)/t20-,23-,24-,25+,26-,27+,28+/m1/s1. The minimum absolute atomic E-state index is 0.0432. The number of carbonyl (C=O) groups excluding carboxylic acids is 1. The maximum atomic E-state index is 13.7. The second kappa shape index (κ2) is 13.0. The van der Waals surface area contributed by atoms with Crippen molar-refractivity contribution in [2.45, 2.75) is 56.1 Å². The lowest BCUT2D eigenvalue weighted by Gasteiger charge is -2.31. The predicted molar refractivity (Wildman–Crippen MR) is 154 cm³/mol. The molecule has 5 rings (SSSR count). The van der Waals surface area contributed by atoms with Crippen molar-refractivity contribution in [1.29, 1.82) is 0 Å². The monoisotopic (exact) mass is 602 g/mol. The highest BCUT2D eigenvalue weighted by Crippen LogP contribution is 2.49. The van der Waals surface area contributed by atoms with Crippen molar-refractivity contribution in [3.63, 3.8) is 0 Å². The Morgan fingerprint density at radius 1 is 1.05 bits per heavy atom. The number of rotatable bonds is 12. The largest absolute Gasteiger partial charge is 0.488 e. The van der Waals surface area contributed by atoms with Gasteiger partial charge in [0, 0.05) is 30.8 Å². The highest BCUT2D eigenvalue weighted by atomic mass is 32.2. The molecule has 11 nitrogen and oxygen atoms in total. The molecule has 0 unspecified atom stereocenters. The number of hydrogen-bond donors (Lipinski definition) is 4. The van der Waals surface area contributed by atoms with Crippen molar-refractivity contribution in [2.75, 3.05) is 26.3 Å². The highest BCUT2D eigenvalue weighted by molar-refractivity contribution is 7.89. The quantitative estimate of drug-likeness (QED) is 0.257. The summed E-state index contributed by atoms with van der Waals surface area (Å²) in [7, 11) is -5.79. The fraction of sp³-hybridized carbons (Fsp3) is 0.552. The lowest BCUT2D eigenvalue weighted by Crippen LogP contribution is -2.52. The molecule has 228 valence electrons. The van der Waals surface area contributed by atoms with Crippen LogP contribution < -0.4 is 10.8 Å². The topological polar surface area (TPSA) is 155 Å². The zero-order valence-corrected chi connectivity index (χ0v) is 24.6. The van der Waals surface area contributed by atoms with Gasteiger partial charge in [-0.25, -0.2) is 13.2 Å². The Kier molecular flexibility index (Phi) is 9.58. The average Bonchev–Trinajstić information content (AvgIpc) is 3.49. The number of fused-ring (bicyclic) bond motifs is 1. The molecule has 2 aromatic carbocycles. The molecule has 1 aliphatic carbocycles. The van der Waals surface area contributed by atoms with Crippen LogP contribution in [0.2, 0.25) is 0 Å². The van der Waals surface area contributed by atoms with Gasteiger partial charge >= 0.3 is 13.2 Å². The summed E-state index contributed by atoms with van der Waals surface area (Å²) in [5.74, 6) is 0.304. The zero-order valence-electron chi connectivity index (χ0n) is 23.8. The molecule has 0 spiro atoms. The van der Waals surface area contributed by atoms with E-state index in [1.54, 1.807) is 0 Å². The lowest BCUT2D eigenvalue weighted by molar-refractivity contribution is -0.169. The summed E-state index contributed by atoms with van der Waals surface area (Å²) in [4.78, 5) is 13.2. The molecule has 0 aromatic heterocycles. The van der Waals surface area contributed by atoms with Crippen LogP contribution in [-0.4, -0.2) is 91.9 Å². The summed E-state index contributed by atoms with van der Waals surface area (Å²) >= 11 is 0. The van der Waals surface area contributed by atoms with E-state index < -0.39 is 35.4 Å². The van der Waals surface area contributed by atoms with Crippen LogP contribution in [-0.2, 0) is 30.7 Å². The van der Waals surface area contributed by atoms with Gasteiger partial charge in [-0.15, -0.1) is 0 Å². The van der Waals surface area contributed by atoms with E-state index in [0.29, 0.717) is 13.2 Å². The summed E-state index contributed by atoms with van der Waals surface area (Å²) in [5.41, 5.74) is 1.02. The predicted octanol–water partition coefficient (Wildman–Crippen LogP) is 0.719. The maximum Gasteiger partial charge on any atom is 0.488 e. The Labute approximate surface area is 247 Å². The third-order valence-corrected chi connectivity index (χ3v) is 10.2. The number of hydrogen-bond acceptors (Lipinski definition) is 9. The number of aliphatic hydroxyl groups is 1. The fourth-order valence-corrected chi connectivity index (χ4v) is 7.91. The van der Waals surface area contributed by atoms with E-state index in [-0.39, 0.29) is 65.9 Å². The maximum absolute atomic E-state index is 13.7. The second-order valence-corrected chi connectivity index (χ2v) is 13.8. The average molecular weight is 603 g/mol. The first kappa shape index (κ1) is 30.9. The van der Waals surface area contributed by atoms with E-state index in [2.05, 4.69) is 5.32 Å². The summed E-state index contributed by atoms with van der Waals surface area (Å²) < 4.78 is 45.9. The van der Waals surface area contributed by atoms with Gasteiger partial charge in [0.15, 0.2) is 6.29 Å². The molecular weight excluding hydrogens is 563 g/mol. The van der Waals surface area contributed by atoms with Gasteiger partial charge in [0.1, 0.15) is 6.10 Å². The number of alkyl carbamates (subject to hydrolysis) is 1. The van der Waals surface area contributed by atoms with Crippen molar-refractivity contribution in [3.8, 4) is 0 Å². The van der Waals surface area contributed by atoms with Gasteiger partial charge in [-0.3, -0.25) is 0 Å². The zero-order chi connectivity index (χ0) is 30.0. The molecule has 42 heavy (non-hydrogen) atoms. The highest BCUT2D eigenvalue weighted by Gasteiger charge is 2.56. The van der Waals surface area contributed by atoms with Crippen molar-refractivity contribution >= 4 is 28.7 Å². The van der Waals surface area contributed by atoms with Crippen molar-refractivity contribution in [1.82, 2.24) is 9.62 Å². The lowest BCUT2D eigenvalue weighted by atomic mass is 9.81. The third kappa shape index (κ3) is 6.83. The Bertz CT molecular complexity index is 1310. The molecule has 7 atom stereocenters. The molecular formula is C29H39BN2O9S. The normalized spacial score (nSPS) is 26.3. The summed E-state index contributed by atoms with van der Waals surface area (Å²) in [6.45, 7) is 4.53. The van der Waals surface area contributed by atoms with Gasteiger partial charge in [-0.2, -0.15) is 4.31 Å². The number of ether oxygens (including phenoxy) is 3. The first-order chi connectivity index (χ1) is 20.0. The number of nitrogens with zero attached hydrogens (tertiary/aromatic N) is 1. The van der Waals surface area contributed by atoms with Gasteiger partial charge in [0.25, 0.3) is 0 Å². The van der Waals surface area contributed by atoms with Gasteiger partial charge in [0.05, 0.1) is 30.3 Å². The SMILES string of the molecule is CC(C)CN(C[C@@H](O)[C@H](Cc1ccccc1)NC(=O)O[C@H]1[C@H]2CO[C@H]3OC[C@@H]1[C@H]3C2)S(=O)(=O)c1ccc(B(O)O)cc1. The molecule has 4 N–H and O–H groups in total. The molecule has 2 heterocycles. The minimum Gasteiger partial charge on any atom is -0.445 e. The number of amides is 1. The molecule has 2 saturated heterocycles. The number of nitrogens with one attached hydrogen (secondary N) is 1. The van der Waals surface area contributed by atoms with E-state index in [4.69, 9.17) is 14.2 Å². The van der Waals surface area contributed by atoms with Crippen molar-refractivity contribution in [2.24, 2.45) is 23.7 Å². The van der Waals surface area contributed by atoms with Crippen LogP contribution in [0, 0.1) is 23.7 Å². The molecule has 3 fully saturated rings. The molecule has 2 aliphatic heterocycles. The van der Waals surface area contributed by atoms with Crippen molar-refractivity contribution < 1.29 is 42.6 Å². The van der Waals surface area contributed by atoms with Gasteiger partial charge in [-0.05, 0) is 41.9 Å². The second-order valence-electron chi connectivity index (χ2n) is 11.9. The first-order valence-corrected chi connectivity index (χ1v) is 15.9. The first-order valence-electron chi connectivity index (χ1n) is 14.4. The number of benzene rings is 2. The summed E-state index contributed by atoms with van der Waals surface area (Å²) in [6, 6.07) is 13.8. The van der Waals surface area contributed by atoms with Gasteiger partial charge < -0.3 is 34.7 Å². The van der Waals surface area contributed by atoms with E-state index in [1.165, 1.54) is 28.6 Å².